The van der Waals surface area contributed by atoms with Gasteiger partial charge in [-0.1, -0.05) is 39.0 Å². The predicted molar refractivity (Wildman–Crippen MR) is 71.4 cm³/mol. The Bertz CT molecular complexity index is 374. The van der Waals surface area contributed by atoms with Crippen molar-refractivity contribution >= 4 is 5.69 Å². The van der Waals surface area contributed by atoms with Gasteiger partial charge in [0.25, 0.3) is 0 Å². The molecule has 2 rings (SSSR count). The molecule has 0 saturated carbocycles. The Hall–Kier alpha value is -0.980. The second-order valence-electron chi connectivity index (χ2n) is 5.75. The summed E-state index contributed by atoms with van der Waals surface area (Å²) < 4.78 is 0. The molecule has 0 bridgehead atoms. The highest BCUT2D eigenvalue weighted by Crippen LogP contribution is 2.37. The molecule has 0 atom stereocenters. The molecule has 0 amide bonds. The molecule has 0 radical (unpaired) electrons. The second-order valence-corrected chi connectivity index (χ2v) is 5.75. The van der Waals surface area contributed by atoms with Gasteiger partial charge < -0.3 is 4.90 Å². The number of rotatable bonds is 1. The van der Waals surface area contributed by atoms with E-state index in [0.717, 1.165) is 6.54 Å². The molecule has 16 heavy (non-hydrogen) atoms. The van der Waals surface area contributed by atoms with E-state index in [1.807, 2.05) is 0 Å². The number of para-hydroxylation sites is 1. The smallest absolute Gasteiger partial charge is 0.0436 e. The molecule has 1 aromatic rings. The highest BCUT2D eigenvalue weighted by Gasteiger charge is 2.24. The van der Waals surface area contributed by atoms with Gasteiger partial charge in [-0.25, -0.2) is 0 Å². The third kappa shape index (κ3) is 1.95. The highest BCUT2D eigenvalue weighted by molar-refractivity contribution is 5.63. The summed E-state index contributed by atoms with van der Waals surface area (Å²) in [4.78, 5) is 2.54. The van der Waals surface area contributed by atoms with Crippen molar-refractivity contribution in [3.05, 3.63) is 29.3 Å². The van der Waals surface area contributed by atoms with Gasteiger partial charge in [0.15, 0.2) is 0 Å². The van der Waals surface area contributed by atoms with E-state index < -0.39 is 0 Å². The van der Waals surface area contributed by atoms with Gasteiger partial charge in [0, 0.05) is 18.8 Å². The number of benzene rings is 1. The maximum Gasteiger partial charge on any atom is 0.0436 e. The van der Waals surface area contributed by atoms with Crippen LogP contribution in [0.25, 0.3) is 0 Å². The topological polar surface area (TPSA) is 3.24 Å². The highest BCUT2D eigenvalue weighted by atomic mass is 15.1. The average Bonchev–Trinajstić information content (AvgIpc) is 2.26. The Morgan fingerprint density at radius 1 is 1.25 bits per heavy atom. The number of anilines is 1. The van der Waals surface area contributed by atoms with Crippen LogP contribution in [0.2, 0.25) is 0 Å². The fourth-order valence-electron chi connectivity index (χ4n) is 2.66. The summed E-state index contributed by atoms with van der Waals surface area (Å²) in [7, 11) is 0. The summed E-state index contributed by atoms with van der Waals surface area (Å²) in [6.45, 7) is 11.5. The van der Waals surface area contributed by atoms with E-state index in [-0.39, 0.29) is 5.41 Å². The summed E-state index contributed by atoms with van der Waals surface area (Å²) in [6, 6.07) is 6.82. The van der Waals surface area contributed by atoms with E-state index in [9.17, 15) is 0 Å². The van der Waals surface area contributed by atoms with Crippen molar-refractivity contribution in [1.29, 1.82) is 0 Å². The molecule has 1 heteroatoms. The van der Waals surface area contributed by atoms with Crippen LogP contribution in [-0.4, -0.2) is 13.1 Å². The van der Waals surface area contributed by atoms with Crippen LogP contribution in [0.1, 0.15) is 45.2 Å². The third-order valence-electron chi connectivity index (χ3n) is 3.50. The van der Waals surface area contributed by atoms with Crippen molar-refractivity contribution in [3.8, 4) is 0 Å². The van der Waals surface area contributed by atoms with Crippen molar-refractivity contribution in [1.82, 2.24) is 0 Å². The molecule has 1 nitrogen and oxygen atoms in total. The molecule has 88 valence electrons. The summed E-state index contributed by atoms with van der Waals surface area (Å²) >= 11 is 0. The fraction of sp³-hybridized carbons (Fsp3) is 0.600. The zero-order valence-electron chi connectivity index (χ0n) is 11.0. The Morgan fingerprint density at radius 2 is 2.00 bits per heavy atom. The first-order chi connectivity index (χ1) is 7.54. The number of hydrogen-bond acceptors (Lipinski definition) is 1. The predicted octanol–water partition coefficient (Wildman–Crippen LogP) is 3.76. The quantitative estimate of drug-likeness (QED) is 0.692. The maximum absolute atomic E-state index is 2.54. The summed E-state index contributed by atoms with van der Waals surface area (Å²) in [5.74, 6) is 0. The molecule has 0 aliphatic carbocycles. The largest absolute Gasteiger partial charge is 0.371 e. The van der Waals surface area contributed by atoms with Crippen LogP contribution < -0.4 is 4.90 Å². The van der Waals surface area contributed by atoms with Crippen LogP contribution in [0.15, 0.2) is 18.2 Å². The average molecular weight is 217 g/mol. The lowest BCUT2D eigenvalue weighted by atomic mass is 9.82. The van der Waals surface area contributed by atoms with Crippen molar-refractivity contribution in [2.75, 3.05) is 18.0 Å². The van der Waals surface area contributed by atoms with Crippen LogP contribution in [0, 0.1) is 0 Å². The van der Waals surface area contributed by atoms with Crippen molar-refractivity contribution in [2.45, 2.75) is 46.0 Å². The lowest BCUT2D eigenvalue weighted by Gasteiger charge is -2.36. The molecular weight excluding hydrogens is 194 g/mol. The number of fused-ring (bicyclic) bond motifs is 1. The van der Waals surface area contributed by atoms with Gasteiger partial charge >= 0.3 is 0 Å². The van der Waals surface area contributed by atoms with E-state index in [4.69, 9.17) is 0 Å². The Morgan fingerprint density at radius 3 is 2.62 bits per heavy atom. The standard InChI is InChI=1S/C15H23N/c1-5-16-11-7-9-12-8-6-10-13(14(12)16)15(2,3)4/h6,8,10H,5,7,9,11H2,1-4H3. The SMILES string of the molecule is CCN1CCCc2cccc(C(C)(C)C)c21. The lowest BCUT2D eigenvalue weighted by molar-refractivity contribution is 0.579. The van der Waals surface area contributed by atoms with Crippen molar-refractivity contribution < 1.29 is 0 Å². The van der Waals surface area contributed by atoms with E-state index in [1.54, 1.807) is 5.56 Å². The fourth-order valence-corrected chi connectivity index (χ4v) is 2.66. The Balaban J connectivity index is 2.55. The molecule has 1 aliphatic rings. The van der Waals surface area contributed by atoms with Gasteiger partial charge in [0.2, 0.25) is 0 Å². The molecule has 1 heterocycles. The number of aryl methyl sites for hydroxylation is 1. The van der Waals surface area contributed by atoms with E-state index in [1.165, 1.54) is 30.6 Å². The monoisotopic (exact) mass is 217 g/mol. The minimum atomic E-state index is 0.246. The Labute approximate surface area is 99.5 Å². The molecule has 0 saturated heterocycles. The van der Waals surface area contributed by atoms with Crippen LogP contribution >= 0.6 is 0 Å². The van der Waals surface area contributed by atoms with Gasteiger partial charge in [-0.3, -0.25) is 0 Å². The first-order valence-electron chi connectivity index (χ1n) is 6.41. The number of hydrogen-bond donors (Lipinski definition) is 0. The van der Waals surface area contributed by atoms with Gasteiger partial charge in [-0.05, 0) is 36.3 Å². The molecule has 0 N–H and O–H groups in total. The summed E-state index contributed by atoms with van der Waals surface area (Å²) in [6.07, 6.45) is 2.55. The van der Waals surface area contributed by atoms with Gasteiger partial charge in [-0.2, -0.15) is 0 Å². The first kappa shape index (κ1) is 11.5. The summed E-state index contributed by atoms with van der Waals surface area (Å²) in [5, 5.41) is 0. The molecule has 0 unspecified atom stereocenters. The zero-order valence-corrected chi connectivity index (χ0v) is 11.0. The zero-order chi connectivity index (χ0) is 11.8. The van der Waals surface area contributed by atoms with E-state index >= 15 is 0 Å². The Kier molecular flexibility index (Phi) is 2.96. The summed E-state index contributed by atoms with van der Waals surface area (Å²) in [5.41, 5.74) is 4.81. The van der Waals surface area contributed by atoms with E-state index in [2.05, 4.69) is 50.8 Å². The van der Waals surface area contributed by atoms with E-state index in [0.29, 0.717) is 0 Å². The normalized spacial score (nSPS) is 16.1. The molecule has 1 aromatic carbocycles. The van der Waals surface area contributed by atoms with Gasteiger partial charge in [0.05, 0.1) is 0 Å². The molecule has 0 fully saturated rings. The molecule has 1 aliphatic heterocycles. The number of nitrogens with zero attached hydrogens (tertiary/aromatic N) is 1. The van der Waals surface area contributed by atoms with Crippen molar-refractivity contribution in [2.24, 2.45) is 0 Å². The first-order valence-corrected chi connectivity index (χ1v) is 6.41. The molecule has 0 spiro atoms. The van der Waals surface area contributed by atoms with Crippen LogP contribution in [0.5, 0.6) is 0 Å². The lowest BCUT2D eigenvalue weighted by Crippen LogP contribution is -2.32. The van der Waals surface area contributed by atoms with Crippen LogP contribution in [0.4, 0.5) is 5.69 Å². The maximum atomic E-state index is 2.54. The molecular formula is C15H23N. The molecule has 0 aromatic heterocycles. The van der Waals surface area contributed by atoms with Gasteiger partial charge in [0.1, 0.15) is 0 Å². The van der Waals surface area contributed by atoms with Gasteiger partial charge in [-0.15, -0.1) is 0 Å². The minimum Gasteiger partial charge on any atom is -0.371 e. The van der Waals surface area contributed by atoms with Crippen LogP contribution in [0.3, 0.4) is 0 Å². The minimum absolute atomic E-state index is 0.246. The third-order valence-corrected chi connectivity index (χ3v) is 3.50. The second kappa shape index (κ2) is 4.12. The van der Waals surface area contributed by atoms with Crippen LogP contribution in [-0.2, 0) is 11.8 Å². The van der Waals surface area contributed by atoms with Crippen molar-refractivity contribution in [3.63, 3.8) is 0 Å².